The number of hydrogen-bond donors (Lipinski definition) is 1. The maximum atomic E-state index is 13.0. The zero-order valence-corrected chi connectivity index (χ0v) is 19.4. The average molecular weight is 431 g/mol. The molecule has 6 bridgehead atoms. The normalized spacial score (nSPS) is 41.8. The van der Waals surface area contributed by atoms with Gasteiger partial charge >= 0.3 is 5.97 Å². The number of esters is 1. The molecule has 0 aromatic heterocycles. The largest absolute Gasteiger partial charge is 0.454 e. The van der Waals surface area contributed by atoms with E-state index in [0.29, 0.717) is 17.8 Å². The van der Waals surface area contributed by atoms with Gasteiger partial charge in [0.2, 0.25) is 5.91 Å². The highest BCUT2D eigenvalue weighted by atomic mass is 16.5. The quantitative estimate of drug-likeness (QED) is 0.679. The van der Waals surface area contributed by atoms with Gasteiger partial charge in [-0.05, 0) is 86.4 Å². The molecule has 1 saturated heterocycles. The summed E-state index contributed by atoms with van der Waals surface area (Å²) in [5.74, 6) is 1.47. The van der Waals surface area contributed by atoms with Crippen molar-refractivity contribution in [3.05, 3.63) is 0 Å². The summed E-state index contributed by atoms with van der Waals surface area (Å²) in [6.07, 6.45) is 9.94. The molecule has 172 valence electrons. The number of hydrogen-bond acceptors (Lipinski definition) is 4. The second-order valence-electron chi connectivity index (χ2n) is 12.8. The highest BCUT2D eigenvalue weighted by molar-refractivity contribution is 5.87. The molecule has 6 aliphatic rings. The van der Waals surface area contributed by atoms with Gasteiger partial charge in [-0.15, -0.1) is 0 Å². The van der Waals surface area contributed by atoms with Crippen LogP contribution in [-0.2, 0) is 19.1 Å². The van der Waals surface area contributed by atoms with Gasteiger partial charge in [0.15, 0.2) is 6.61 Å². The van der Waals surface area contributed by atoms with Crippen LogP contribution in [0.3, 0.4) is 0 Å². The number of nitrogens with one attached hydrogen (secondary N) is 1. The molecular formula is C25H38N2O4. The smallest absolute Gasteiger partial charge is 0.325 e. The number of amides is 2. The summed E-state index contributed by atoms with van der Waals surface area (Å²) in [6.45, 7) is 7.21. The maximum absolute atomic E-state index is 13.0. The van der Waals surface area contributed by atoms with Gasteiger partial charge < -0.3 is 15.0 Å². The highest BCUT2D eigenvalue weighted by Gasteiger charge is 2.54. The third kappa shape index (κ3) is 4.00. The Morgan fingerprint density at radius 2 is 1.55 bits per heavy atom. The van der Waals surface area contributed by atoms with Crippen LogP contribution in [0.25, 0.3) is 0 Å². The van der Waals surface area contributed by atoms with Crippen LogP contribution in [0.2, 0.25) is 0 Å². The van der Waals surface area contributed by atoms with Gasteiger partial charge in [-0.1, -0.05) is 20.8 Å². The van der Waals surface area contributed by atoms with Gasteiger partial charge in [-0.25, -0.2) is 0 Å². The molecule has 1 heterocycles. The minimum atomic E-state index is -0.514. The molecule has 5 saturated carbocycles. The summed E-state index contributed by atoms with van der Waals surface area (Å²) in [4.78, 5) is 40.0. The maximum Gasteiger partial charge on any atom is 0.325 e. The van der Waals surface area contributed by atoms with Gasteiger partial charge in [0, 0.05) is 18.0 Å². The van der Waals surface area contributed by atoms with Gasteiger partial charge in [0.25, 0.3) is 5.91 Å². The molecule has 6 nitrogen and oxygen atoms in total. The lowest BCUT2D eigenvalue weighted by molar-refractivity contribution is -0.154. The van der Waals surface area contributed by atoms with Crippen molar-refractivity contribution in [2.24, 2.45) is 34.0 Å². The lowest BCUT2D eigenvalue weighted by Gasteiger charge is -2.55. The number of carbonyl (C=O) groups is 3. The Balaban J connectivity index is 1.10. The van der Waals surface area contributed by atoms with E-state index in [1.165, 1.54) is 19.3 Å². The topological polar surface area (TPSA) is 75.7 Å². The third-order valence-electron chi connectivity index (χ3n) is 9.00. The number of carbonyl (C=O) groups excluding carboxylic acids is 3. The van der Waals surface area contributed by atoms with E-state index < -0.39 is 5.97 Å². The SMILES string of the molecule is CC1(C)C[C@H]2C[C@](C)(CN2C(=O)COC(=O)CNC(=O)C23CC4CC(CC(C4)C2)C3)C1. The fourth-order valence-electron chi connectivity index (χ4n) is 8.76. The van der Waals surface area contributed by atoms with Crippen LogP contribution in [-0.4, -0.2) is 48.4 Å². The Morgan fingerprint density at radius 1 is 0.935 bits per heavy atom. The Morgan fingerprint density at radius 3 is 2.16 bits per heavy atom. The highest BCUT2D eigenvalue weighted by Crippen LogP contribution is 2.60. The molecule has 6 fully saturated rings. The number of rotatable bonds is 5. The fraction of sp³-hybridized carbons (Fsp3) is 0.880. The molecule has 1 aliphatic heterocycles. The minimum absolute atomic E-state index is 0.0263. The zero-order chi connectivity index (χ0) is 22.0. The summed E-state index contributed by atoms with van der Waals surface area (Å²) in [6, 6.07) is 0.246. The first-order chi connectivity index (χ1) is 14.5. The van der Waals surface area contributed by atoms with E-state index >= 15 is 0 Å². The van der Waals surface area contributed by atoms with Crippen LogP contribution in [0.1, 0.15) is 78.6 Å². The first-order valence-corrected chi connectivity index (χ1v) is 12.3. The second kappa shape index (κ2) is 7.21. The van der Waals surface area contributed by atoms with Crippen LogP contribution in [0.5, 0.6) is 0 Å². The molecule has 6 heteroatoms. The number of fused-ring (bicyclic) bond motifs is 2. The Labute approximate surface area is 185 Å². The molecule has 2 amide bonds. The summed E-state index contributed by atoms with van der Waals surface area (Å²) in [7, 11) is 0. The molecule has 0 aromatic rings. The van der Waals surface area contributed by atoms with Gasteiger partial charge in [-0.2, -0.15) is 0 Å². The molecule has 31 heavy (non-hydrogen) atoms. The summed E-state index contributed by atoms with van der Waals surface area (Å²) in [5.41, 5.74) is 0.142. The van der Waals surface area contributed by atoms with E-state index in [4.69, 9.17) is 4.74 Å². The lowest BCUT2D eigenvalue weighted by atomic mass is 9.49. The molecule has 0 spiro atoms. The van der Waals surface area contributed by atoms with Crippen LogP contribution in [0.4, 0.5) is 0 Å². The number of likely N-dealkylation sites (tertiary alicyclic amines) is 1. The first-order valence-electron chi connectivity index (χ1n) is 12.3. The zero-order valence-electron chi connectivity index (χ0n) is 19.4. The van der Waals surface area contributed by atoms with Crippen molar-refractivity contribution in [2.75, 3.05) is 19.7 Å². The molecule has 6 rings (SSSR count). The third-order valence-corrected chi connectivity index (χ3v) is 9.00. The van der Waals surface area contributed by atoms with Crippen LogP contribution in [0, 0.1) is 34.0 Å². The van der Waals surface area contributed by atoms with Crippen LogP contribution >= 0.6 is 0 Å². The predicted octanol–water partition coefficient (Wildman–Crippen LogP) is 3.29. The van der Waals surface area contributed by atoms with Crippen molar-refractivity contribution >= 4 is 17.8 Å². The minimum Gasteiger partial charge on any atom is -0.454 e. The van der Waals surface area contributed by atoms with Crippen molar-refractivity contribution in [3.63, 3.8) is 0 Å². The molecule has 0 aromatic carbocycles. The average Bonchev–Trinajstić information content (AvgIpc) is 2.91. The monoisotopic (exact) mass is 430 g/mol. The van der Waals surface area contributed by atoms with E-state index in [1.54, 1.807) is 0 Å². The van der Waals surface area contributed by atoms with Crippen molar-refractivity contribution in [2.45, 2.75) is 84.6 Å². The van der Waals surface area contributed by atoms with Crippen molar-refractivity contribution in [3.8, 4) is 0 Å². The van der Waals surface area contributed by atoms with E-state index in [1.807, 2.05) is 4.90 Å². The molecule has 5 aliphatic carbocycles. The van der Waals surface area contributed by atoms with Crippen molar-refractivity contribution < 1.29 is 19.1 Å². The Hall–Kier alpha value is -1.59. The first kappa shape index (κ1) is 21.3. The van der Waals surface area contributed by atoms with E-state index in [9.17, 15) is 14.4 Å². The van der Waals surface area contributed by atoms with Crippen LogP contribution in [0.15, 0.2) is 0 Å². The van der Waals surface area contributed by atoms with Gasteiger partial charge in [-0.3, -0.25) is 14.4 Å². The van der Waals surface area contributed by atoms with Crippen molar-refractivity contribution in [1.82, 2.24) is 10.2 Å². The fourth-order valence-corrected chi connectivity index (χ4v) is 8.76. The molecular weight excluding hydrogens is 392 g/mol. The van der Waals surface area contributed by atoms with Gasteiger partial charge in [0.1, 0.15) is 6.54 Å². The Kier molecular flexibility index (Phi) is 4.95. The second-order valence-corrected chi connectivity index (χ2v) is 12.8. The summed E-state index contributed by atoms with van der Waals surface area (Å²) in [5, 5.41) is 2.85. The van der Waals surface area contributed by atoms with Crippen molar-refractivity contribution in [1.29, 1.82) is 0 Å². The standard InChI is InChI=1S/C25H38N2O4/c1-23(2)10-19-11-24(3,14-23)15-27(19)20(28)13-31-21(29)12-26-22(30)25-7-16-4-17(8-25)6-18(5-16)9-25/h16-19H,4-15H2,1-3H3,(H,26,30)/t16?,17?,18?,19-,24-,25?/m0/s1. The predicted molar refractivity (Wildman–Crippen MR) is 116 cm³/mol. The van der Waals surface area contributed by atoms with E-state index in [-0.39, 0.29) is 47.3 Å². The Bertz CT molecular complexity index is 755. The van der Waals surface area contributed by atoms with Gasteiger partial charge in [0.05, 0.1) is 0 Å². The molecule has 0 unspecified atom stereocenters. The molecule has 0 radical (unpaired) electrons. The number of nitrogens with zero attached hydrogens (tertiary/aromatic N) is 1. The van der Waals surface area contributed by atoms with E-state index in [0.717, 1.165) is 45.1 Å². The molecule has 2 atom stereocenters. The van der Waals surface area contributed by atoms with Crippen LogP contribution < -0.4 is 5.32 Å². The molecule has 1 N–H and O–H groups in total. The summed E-state index contributed by atoms with van der Waals surface area (Å²) >= 11 is 0. The van der Waals surface area contributed by atoms with E-state index in [2.05, 4.69) is 26.1 Å². The summed E-state index contributed by atoms with van der Waals surface area (Å²) < 4.78 is 5.27. The lowest BCUT2D eigenvalue weighted by Crippen LogP contribution is -2.54. The number of ether oxygens (including phenoxy) is 1.